The third-order valence-corrected chi connectivity index (χ3v) is 3.44. The van der Waals surface area contributed by atoms with Gasteiger partial charge in [-0.3, -0.25) is 0 Å². The van der Waals surface area contributed by atoms with Crippen molar-refractivity contribution in [1.29, 1.82) is 5.26 Å². The standard InChI is InChI=1S/C14H17FN2O/c1-18-14-5-3-2-4-13(14)17-11-6-7-12(15)10(8-11)9-16/h6-8,13-14,17H,2-5H2,1H3. The van der Waals surface area contributed by atoms with Gasteiger partial charge in [0.05, 0.1) is 17.7 Å². The van der Waals surface area contributed by atoms with Crippen molar-refractivity contribution in [1.82, 2.24) is 0 Å². The van der Waals surface area contributed by atoms with E-state index in [4.69, 9.17) is 10.00 Å². The molecule has 1 aliphatic carbocycles. The Hall–Kier alpha value is -1.60. The molecule has 2 rings (SSSR count). The molecule has 0 aromatic heterocycles. The number of hydrogen-bond donors (Lipinski definition) is 1. The SMILES string of the molecule is COC1CCCCC1Nc1ccc(F)c(C#N)c1. The summed E-state index contributed by atoms with van der Waals surface area (Å²) >= 11 is 0. The van der Waals surface area contributed by atoms with E-state index in [9.17, 15) is 4.39 Å². The lowest BCUT2D eigenvalue weighted by molar-refractivity contribution is 0.0606. The first kappa shape index (κ1) is 12.8. The zero-order valence-corrected chi connectivity index (χ0v) is 10.4. The second-order valence-electron chi connectivity index (χ2n) is 4.62. The summed E-state index contributed by atoms with van der Waals surface area (Å²) in [5, 5.41) is 12.1. The van der Waals surface area contributed by atoms with Crippen molar-refractivity contribution < 1.29 is 9.13 Å². The van der Waals surface area contributed by atoms with E-state index in [1.807, 2.05) is 6.07 Å². The zero-order chi connectivity index (χ0) is 13.0. The predicted octanol–water partition coefficient (Wildman–Crippen LogP) is 3.07. The van der Waals surface area contributed by atoms with Gasteiger partial charge in [-0.2, -0.15) is 5.26 Å². The topological polar surface area (TPSA) is 45.0 Å². The number of hydrogen-bond acceptors (Lipinski definition) is 3. The molecular formula is C14H17FN2O. The van der Waals surface area contributed by atoms with Crippen molar-refractivity contribution in [2.75, 3.05) is 12.4 Å². The molecule has 2 unspecified atom stereocenters. The number of anilines is 1. The van der Waals surface area contributed by atoms with E-state index >= 15 is 0 Å². The highest BCUT2D eigenvalue weighted by Gasteiger charge is 2.24. The van der Waals surface area contributed by atoms with Crippen LogP contribution in [0.3, 0.4) is 0 Å². The molecule has 1 aliphatic rings. The fourth-order valence-corrected chi connectivity index (χ4v) is 2.46. The van der Waals surface area contributed by atoms with Crippen LogP contribution >= 0.6 is 0 Å². The van der Waals surface area contributed by atoms with Crippen LogP contribution in [-0.2, 0) is 4.74 Å². The van der Waals surface area contributed by atoms with Crippen molar-refractivity contribution in [3.05, 3.63) is 29.6 Å². The van der Waals surface area contributed by atoms with Crippen LogP contribution in [0.5, 0.6) is 0 Å². The Kier molecular flexibility index (Phi) is 4.16. The highest BCUT2D eigenvalue weighted by atomic mass is 19.1. The summed E-state index contributed by atoms with van der Waals surface area (Å²) in [6.07, 6.45) is 4.63. The van der Waals surface area contributed by atoms with Gasteiger partial charge in [0.25, 0.3) is 0 Å². The van der Waals surface area contributed by atoms with E-state index in [0.29, 0.717) is 0 Å². The van der Waals surface area contributed by atoms with Crippen molar-refractivity contribution >= 4 is 5.69 Å². The van der Waals surface area contributed by atoms with Crippen LogP contribution in [0, 0.1) is 17.1 Å². The highest BCUT2D eigenvalue weighted by molar-refractivity contribution is 5.50. The molecule has 1 saturated carbocycles. The molecule has 96 valence electrons. The summed E-state index contributed by atoms with van der Waals surface area (Å²) in [4.78, 5) is 0. The van der Waals surface area contributed by atoms with Crippen molar-refractivity contribution in [3.8, 4) is 6.07 Å². The summed E-state index contributed by atoms with van der Waals surface area (Å²) in [7, 11) is 1.72. The monoisotopic (exact) mass is 248 g/mol. The molecule has 1 fully saturated rings. The van der Waals surface area contributed by atoms with Crippen molar-refractivity contribution in [2.24, 2.45) is 0 Å². The molecule has 0 radical (unpaired) electrons. The molecule has 0 heterocycles. The Balaban J connectivity index is 2.11. The lowest BCUT2D eigenvalue weighted by Gasteiger charge is -2.31. The molecule has 0 aliphatic heterocycles. The van der Waals surface area contributed by atoms with Crippen molar-refractivity contribution in [3.63, 3.8) is 0 Å². The first-order chi connectivity index (χ1) is 8.74. The van der Waals surface area contributed by atoms with Gasteiger partial charge >= 0.3 is 0 Å². The van der Waals surface area contributed by atoms with Gasteiger partial charge in [-0.1, -0.05) is 12.8 Å². The third-order valence-electron chi connectivity index (χ3n) is 3.44. The minimum absolute atomic E-state index is 0.0739. The average Bonchev–Trinajstić information content (AvgIpc) is 2.41. The fraction of sp³-hybridized carbons (Fsp3) is 0.500. The first-order valence-electron chi connectivity index (χ1n) is 6.23. The average molecular weight is 248 g/mol. The molecule has 0 amide bonds. The highest BCUT2D eigenvalue weighted by Crippen LogP contribution is 2.25. The van der Waals surface area contributed by atoms with Crippen molar-refractivity contribution in [2.45, 2.75) is 37.8 Å². The lowest BCUT2D eigenvalue weighted by Crippen LogP contribution is -2.37. The summed E-state index contributed by atoms with van der Waals surface area (Å²) in [5.41, 5.74) is 0.853. The van der Waals surface area contributed by atoms with E-state index in [0.717, 1.165) is 18.5 Å². The Morgan fingerprint density at radius 2 is 2.17 bits per heavy atom. The van der Waals surface area contributed by atoms with Gasteiger partial charge in [-0.15, -0.1) is 0 Å². The normalized spacial score (nSPS) is 23.4. The van der Waals surface area contributed by atoms with Crippen LogP contribution in [0.15, 0.2) is 18.2 Å². The van der Waals surface area contributed by atoms with Crippen LogP contribution < -0.4 is 5.32 Å². The van der Waals surface area contributed by atoms with Gasteiger partial charge in [0.2, 0.25) is 0 Å². The minimum Gasteiger partial charge on any atom is -0.380 e. The maximum atomic E-state index is 13.2. The number of nitrogens with one attached hydrogen (secondary N) is 1. The number of nitrogens with zero attached hydrogens (tertiary/aromatic N) is 1. The zero-order valence-electron chi connectivity index (χ0n) is 10.4. The molecule has 2 atom stereocenters. The van der Waals surface area contributed by atoms with E-state index in [1.54, 1.807) is 19.2 Å². The van der Waals surface area contributed by atoms with Crippen LogP contribution in [0.25, 0.3) is 0 Å². The second-order valence-corrected chi connectivity index (χ2v) is 4.62. The molecule has 1 aromatic rings. The molecule has 1 N–H and O–H groups in total. The Morgan fingerprint density at radius 3 is 2.89 bits per heavy atom. The fourth-order valence-electron chi connectivity index (χ4n) is 2.46. The summed E-state index contributed by atoms with van der Waals surface area (Å²) in [6.45, 7) is 0. The number of methoxy groups -OCH3 is 1. The second kappa shape index (κ2) is 5.83. The summed E-state index contributed by atoms with van der Waals surface area (Å²) in [6, 6.07) is 6.63. The van der Waals surface area contributed by atoms with E-state index in [-0.39, 0.29) is 17.7 Å². The number of ether oxygens (including phenoxy) is 1. The van der Waals surface area contributed by atoms with Crippen LogP contribution in [0.4, 0.5) is 10.1 Å². The quantitative estimate of drug-likeness (QED) is 0.894. The predicted molar refractivity (Wildman–Crippen MR) is 67.8 cm³/mol. The van der Waals surface area contributed by atoms with Crippen LogP contribution in [0.2, 0.25) is 0 Å². The van der Waals surface area contributed by atoms with Gasteiger partial charge < -0.3 is 10.1 Å². The number of halogens is 1. The van der Waals surface area contributed by atoms with Gasteiger partial charge in [0, 0.05) is 12.8 Å². The molecule has 18 heavy (non-hydrogen) atoms. The summed E-state index contributed by atoms with van der Waals surface area (Å²) < 4.78 is 18.7. The van der Waals surface area contributed by atoms with Crippen LogP contribution in [0.1, 0.15) is 31.2 Å². The molecule has 0 saturated heterocycles. The Morgan fingerprint density at radius 1 is 1.39 bits per heavy atom. The summed E-state index contributed by atoms with van der Waals surface area (Å²) in [5.74, 6) is -0.477. The van der Waals surface area contributed by atoms with Gasteiger partial charge in [0.15, 0.2) is 0 Å². The smallest absolute Gasteiger partial charge is 0.141 e. The molecule has 3 nitrogen and oxygen atoms in total. The Bertz CT molecular complexity index is 456. The molecule has 1 aromatic carbocycles. The largest absolute Gasteiger partial charge is 0.380 e. The van der Waals surface area contributed by atoms with Gasteiger partial charge in [-0.05, 0) is 31.0 Å². The molecule has 0 spiro atoms. The Labute approximate surface area is 107 Å². The first-order valence-corrected chi connectivity index (χ1v) is 6.23. The molecular weight excluding hydrogens is 231 g/mol. The third kappa shape index (κ3) is 2.80. The van der Waals surface area contributed by atoms with E-state index < -0.39 is 5.82 Å². The van der Waals surface area contributed by atoms with Gasteiger partial charge in [0.1, 0.15) is 11.9 Å². The molecule has 0 bridgehead atoms. The number of rotatable bonds is 3. The maximum absolute atomic E-state index is 13.2. The van der Waals surface area contributed by atoms with E-state index in [1.165, 1.54) is 18.9 Å². The van der Waals surface area contributed by atoms with Gasteiger partial charge in [-0.25, -0.2) is 4.39 Å². The van der Waals surface area contributed by atoms with Crippen LogP contribution in [-0.4, -0.2) is 19.3 Å². The maximum Gasteiger partial charge on any atom is 0.141 e. The van der Waals surface area contributed by atoms with E-state index in [2.05, 4.69) is 5.32 Å². The number of nitriles is 1. The minimum atomic E-state index is -0.477. The number of benzene rings is 1. The molecule has 4 heteroatoms. The lowest BCUT2D eigenvalue weighted by atomic mass is 9.92.